The number of H-pyrrole nitrogens is 1. The van der Waals surface area contributed by atoms with Gasteiger partial charge in [-0.2, -0.15) is 5.26 Å². The Morgan fingerprint density at radius 2 is 1.79 bits per heavy atom. The van der Waals surface area contributed by atoms with Crippen LogP contribution in [0.4, 0.5) is 0 Å². The van der Waals surface area contributed by atoms with E-state index in [1.54, 1.807) is 24.7 Å². The molecule has 4 aromatic rings. The van der Waals surface area contributed by atoms with Crippen molar-refractivity contribution in [3.05, 3.63) is 56.8 Å². The Labute approximate surface area is 175 Å². The molecule has 4 rings (SSSR count). The maximum atomic E-state index is 10.2. The first kappa shape index (κ1) is 18.4. The van der Waals surface area contributed by atoms with Crippen molar-refractivity contribution in [3.63, 3.8) is 0 Å². The van der Waals surface area contributed by atoms with Crippen LogP contribution >= 0.6 is 22.6 Å². The minimum Gasteiger partial charge on any atom is -0.508 e. The van der Waals surface area contributed by atoms with Crippen LogP contribution in [0.25, 0.3) is 33.4 Å². The highest BCUT2D eigenvalue weighted by molar-refractivity contribution is 14.1. The molecule has 0 radical (unpaired) electrons. The average Bonchev–Trinajstić information content (AvgIpc) is 3.02. The van der Waals surface area contributed by atoms with Gasteiger partial charge in [-0.3, -0.25) is 0 Å². The lowest BCUT2D eigenvalue weighted by atomic mass is 9.92. The van der Waals surface area contributed by atoms with Gasteiger partial charge < -0.3 is 10.1 Å². The van der Waals surface area contributed by atoms with Gasteiger partial charge in [0, 0.05) is 33.3 Å². The van der Waals surface area contributed by atoms with Gasteiger partial charge in [0.1, 0.15) is 23.3 Å². The summed E-state index contributed by atoms with van der Waals surface area (Å²) in [6.45, 7) is 5.64. The van der Waals surface area contributed by atoms with Crippen molar-refractivity contribution < 1.29 is 5.11 Å². The number of phenolic OH excluding ortho intramolecular Hbond substituents is 1. The summed E-state index contributed by atoms with van der Waals surface area (Å²) in [6.07, 6.45) is 5.20. The first-order chi connectivity index (χ1) is 13.4. The van der Waals surface area contributed by atoms with E-state index in [0.717, 1.165) is 36.9 Å². The maximum absolute atomic E-state index is 10.2. The van der Waals surface area contributed by atoms with Gasteiger partial charge in [-0.15, -0.1) is 0 Å². The quantitative estimate of drug-likeness (QED) is 0.401. The zero-order valence-electron chi connectivity index (χ0n) is 15.5. The van der Waals surface area contributed by atoms with E-state index in [1.807, 2.05) is 26.8 Å². The Hall–Kier alpha value is -2.99. The van der Waals surface area contributed by atoms with Gasteiger partial charge in [-0.25, -0.2) is 15.0 Å². The van der Waals surface area contributed by atoms with E-state index in [2.05, 4.69) is 48.6 Å². The van der Waals surface area contributed by atoms with E-state index in [1.165, 1.54) is 0 Å². The molecule has 0 unspecified atom stereocenters. The van der Waals surface area contributed by atoms with Crippen LogP contribution in [0.1, 0.15) is 22.5 Å². The van der Waals surface area contributed by atoms with Crippen molar-refractivity contribution >= 4 is 33.6 Å². The Morgan fingerprint density at radius 3 is 2.46 bits per heavy atom. The molecule has 6 nitrogen and oxygen atoms in total. The number of aromatic amines is 1. The number of hydrogen-bond donors (Lipinski definition) is 2. The van der Waals surface area contributed by atoms with Crippen LogP contribution in [0, 0.1) is 35.7 Å². The van der Waals surface area contributed by atoms with Gasteiger partial charge in [-0.1, -0.05) is 6.07 Å². The lowest BCUT2D eigenvalue weighted by Gasteiger charge is -2.13. The first-order valence-electron chi connectivity index (χ1n) is 8.61. The lowest BCUT2D eigenvalue weighted by Crippen LogP contribution is -1.95. The number of aryl methyl sites for hydroxylation is 2. The second-order valence-corrected chi connectivity index (χ2v) is 7.70. The summed E-state index contributed by atoms with van der Waals surface area (Å²) in [5, 5.41) is 20.9. The van der Waals surface area contributed by atoms with Crippen LogP contribution in [0.2, 0.25) is 0 Å². The Morgan fingerprint density at radius 1 is 1.07 bits per heavy atom. The molecule has 0 aliphatic heterocycles. The number of nitrogens with zero attached hydrogens (tertiary/aromatic N) is 4. The number of nitriles is 1. The number of hydrogen-bond acceptors (Lipinski definition) is 5. The van der Waals surface area contributed by atoms with Gasteiger partial charge in [0.15, 0.2) is 0 Å². The molecule has 0 aliphatic rings. The fraction of sp³-hybridized carbons (Fsp3) is 0.143. The fourth-order valence-electron chi connectivity index (χ4n) is 3.39. The van der Waals surface area contributed by atoms with E-state index in [0.29, 0.717) is 22.6 Å². The summed E-state index contributed by atoms with van der Waals surface area (Å²) in [6, 6.07) is 5.86. The predicted octanol–water partition coefficient (Wildman–Crippen LogP) is 4.79. The zero-order chi connectivity index (χ0) is 20.0. The smallest absolute Gasteiger partial charge is 0.140 e. The topological polar surface area (TPSA) is 98.5 Å². The molecule has 28 heavy (non-hydrogen) atoms. The van der Waals surface area contributed by atoms with Gasteiger partial charge in [0.2, 0.25) is 0 Å². The molecule has 0 saturated heterocycles. The van der Waals surface area contributed by atoms with Crippen LogP contribution in [0.15, 0.2) is 30.7 Å². The fourth-order valence-corrected chi connectivity index (χ4v) is 4.37. The molecule has 0 fully saturated rings. The van der Waals surface area contributed by atoms with Crippen molar-refractivity contribution in [2.75, 3.05) is 0 Å². The third-order valence-electron chi connectivity index (χ3n) is 4.86. The number of fused-ring (bicyclic) bond motifs is 1. The molecule has 0 saturated carbocycles. The monoisotopic (exact) mass is 481 g/mol. The molecule has 3 heterocycles. The van der Waals surface area contributed by atoms with Gasteiger partial charge in [0.25, 0.3) is 0 Å². The molecule has 0 spiro atoms. The van der Waals surface area contributed by atoms with E-state index in [9.17, 15) is 10.4 Å². The summed E-state index contributed by atoms with van der Waals surface area (Å²) in [5.74, 6) is 0.897. The van der Waals surface area contributed by atoms with E-state index < -0.39 is 0 Å². The van der Waals surface area contributed by atoms with Crippen molar-refractivity contribution in [2.45, 2.75) is 20.8 Å². The van der Waals surface area contributed by atoms with Gasteiger partial charge in [-0.05, 0) is 66.1 Å². The van der Waals surface area contributed by atoms with Gasteiger partial charge >= 0.3 is 0 Å². The first-order valence-corrected chi connectivity index (χ1v) is 9.69. The summed E-state index contributed by atoms with van der Waals surface area (Å²) < 4.78 is 0.890. The summed E-state index contributed by atoms with van der Waals surface area (Å²) in [5.41, 5.74) is 6.09. The second-order valence-electron chi connectivity index (χ2n) is 6.62. The number of nitrogens with one attached hydrogen (secondary N) is 1. The number of halogens is 1. The lowest BCUT2D eigenvalue weighted by molar-refractivity contribution is 0.471. The van der Waals surface area contributed by atoms with Crippen molar-refractivity contribution in [1.29, 1.82) is 5.26 Å². The van der Waals surface area contributed by atoms with Crippen LogP contribution in [0.5, 0.6) is 5.75 Å². The average molecular weight is 481 g/mol. The number of benzene rings is 1. The molecule has 0 atom stereocenters. The number of pyridine rings is 1. The summed E-state index contributed by atoms with van der Waals surface area (Å²) in [7, 11) is 0. The third kappa shape index (κ3) is 2.81. The number of phenols is 1. The Kier molecular flexibility index (Phi) is 4.51. The molecule has 2 N–H and O–H groups in total. The van der Waals surface area contributed by atoms with Gasteiger partial charge in [0.05, 0.1) is 16.6 Å². The molecule has 138 valence electrons. The number of rotatable bonds is 2. The molecular weight excluding hydrogens is 465 g/mol. The minimum absolute atomic E-state index is 0.200. The van der Waals surface area contributed by atoms with Crippen LogP contribution in [-0.4, -0.2) is 25.0 Å². The van der Waals surface area contributed by atoms with E-state index in [4.69, 9.17) is 0 Å². The highest BCUT2D eigenvalue weighted by Gasteiger charge is 2.21. The summed E-state index contributed by atoms with van der Waals surface area (Å²) >= 11 is 2.23. The SMILES string of the molecule is Cc1ncc(-c2[nH]c3ncc(-c4c(C)ccc(O)c4C)c(C#N)c3c2I)cn1. The molecule has 3 aromatic heterocycles. The maximum Gasteiger partial charge on any atom is 0.140 e. The normalized spacial score (nSPS) is 11.0. The van der Waals surface area contributed by atoms with Crippen molar-refractivity contribution in [2.24, 2.45) is 0 Å². The molecule has 1 aromatic carbocycles. The van der Waals surface area contributed by atoms with Crippen molar-refractivity contribution in [3.8, 4) is 34.2 Å². The molecule has 7 heteroatoms. The third-order valence-corrected chi connectivity index (χ3v) is 5.94. The zero-order valence-corrected chi connectivity index (χ0v) is 17.7. The van der Waals surface area contributed by atoms with Crippen LogP contribution in [-0.2, 0) is 0 Å². The molecular formula is C21H16IN5O. The van der Waals surface area contributed by atoms with E-state index in [-0.39, 0.29) is 5.75 Å². The second kappa shape index (κ2) is 6.87. The van der Waals surface area contributed by atoms with E-state index >= 15 is 0 Å². The molecule has 0 bridgehead atoms. The molecule has 0 aliphatic carbocycles. The number of aromatic hydroxyl groups is 1. The standard InChI is InChI=1S/C21H16IN5O/c1-10-4-5-16(28)11(2)17(10)15-9-26-21-18(14(15)6-23)19(22)20(27-21)13-7-24-12(3)25-8-13/h4-5,7-9,28H,1-3H3,(H,26,27). The highest BCUT2D eigenvalue weighted by Crippen LogP contribution is 2.39. The Balaban J connectivity index is 2.03. The largest absolute Gasteiger partial charge is 0.508 e. The van der Waals surface area contributed by atoms with Crippen LogP contribution < -0.4 is 0 Å². The highest BCUT2D eigenvalue weighted by atomic mass is 127. The van der Waals surface area contributed by atoms with Crippen molar-refractivity contribution in [1.82, 2.24) is 19.9 Å². The predicted molar refractivity (Wildman–Crippen MR) is 116 cm³/mol. The Bertz CT molecular complexity index is 1270. The summed E-state index contributed by atoms with van der Waals surface area (Å²) in [4.78, 5) is 16.4. The molecule has 0 amide bonds. The minimum atomic E-state index is 0.200. The van der Waals surface area contributed by atoms with Crippen LogP contribution in [0.3, 0.4) is 0 Å². The number of aromatic nitrogens is 4.